The number of nitrogens with two attached hydrogens (primary N) is 1. The number of piperidine rings is 1. The van der Waals surface area contributed by atoms with E-state index in [-0.39, 0.29) is 17.9 Å². The number of hydrogen-bond donors (Lipinski definition) is 2. The number of primary amides is 1. The summed E-state index contributed by atoms with van der Waals surface area (Å²) in [6.07, 6.45) is 5.08. The highest BCUT2D eigenvalue weighted by Crippen LogP contribution is 2.10. The van der Waals surface area contributed by atoms with Crippen molar-refractivity contribution in [1.82, 2.24) is 10.2 Å². The van der Waals surface area contributed by atoms with Gasteiger partial charge in [0.25, 0.3) is 0 Å². The number of carbonyl (C=O) groups is 2. The number of nitrogens with zero attached hydrogens (tertiary/aromatic N) is 1. The first-order valence-electron chi connectivity index (χ1n) is 7.59. The van der Waals surface area contributed by atoms with E-state index in [2.05, 4.69) is 5.32 Å². The Labute approximate surface area is 131 Å². The monoisotopic (exact) mass is 301 g/mol. The topological polar surface area (TPSA) is 75.4 Å². The fourth-order valence-electron chi connectivity index (χ4n) is 2.55. The number of hydrogen-bond acceptors (Lipinski definition) is 3. The summed E-state index contributed by atoms with van der Waals surface area (Å²) in [4.78, 5) is 24.8. The molecule has 1 aliphatic heterocycles. The van der Waals surface area contributed by atoms with E-state index in [1.54, 1.807) is 6.08 Å². The van der Waals surface area contributed by atoms with E-state index in [0.717, 1.165) is 31.5 Å². The van der Waals surface area contributed by atoms with Crippen LogP contribution in [0.4, 0.5) is 0 Å². The second-order valence-corrected chi connectivity index (χ2v) is 5.77. The normalized spacial score (nSPS) is 16.8. The fourth-order valence-corrected chi connectivity index (χ4v) is 2.55. The third kappa shape index (κ3) is 5.33. The van der Waals surface area contributed by atoms with Crippen molar-refractivity contribution in [3.8, 4) is 0 Å². The molecule has 3 N–H and O–H groups in total. The molecule has 0 radical (unpaired) electrons. The van der Waals surface area contributed by atoms with E-state index in [4.69, 9.17) is 5.73 Å². The second-order valence-electron chi connectivity index (χ2n) is 5.77. The van der Waals surface area contributed by atoms with Gasteiger partial charge in [-0.25, -0.2) is 0 Å². The third-order valence-electron chi connectivity index (χ3n) is 3.82. The minimum absolute atomic E-state index is 0.0751. The van der Waals surface area contributed by atoms with Crippen molar-refractivity contribution in [1.29, 1.82) is 0 Å². The van der Waals surface area contributed by atoms with E-state index >= 15 is 0 Å². The molecule has 5 heteroatoms. The summed E-state index contributed by atoms with van der Waals surface area (Å²) in [7, 11) is 0. The largest absolute Gasteiger partial charge is 0.369 e. The van der Waals surface area contributed by atoms with Crippen LogP contribution in [0.1, 0.15) is 24.0 Å². The first kappa shape index (κ1) is 16.2. The Morgan fingerprint density at radius 3 is 2.50 bits per heavy atom. The van der Waals surface area contributed by atoms with Crippen LogP contribution in [0, 0.1) is 6.92 Å². The minimum Gasteiger partial charge on any atom is -0.369 e. The van der Waals surface area contributed by atoms with Gasteiger partial charge in [-0.1, -0.05) is 29.8 Å². The zero-order valence-electron chi connectivity index (χ0n) is 12.9. The molecule has 0 unspecified atom stereocenters. The summed E-state index contributed by atoms with van der Waals surface area (Å²) in [5, 5.41) is 3.01. The number of carbonyl (C=O) groups excluding carboxylic acids is 2. The Morgan fingerprint density at radius 2 is 1.91 bits per heavy atom. The fraction of sp³-hybridized carbons (Fsp3) is 0.412. The second kappa shape index (κ2) is 7.75. The smallest absolute Gasteiger partial charge is 0.244 e. The predicted octanol–water partition coefficient (Wildman–Crippen LogP) is 1.07. The highest BCUT2D eigenvalue weighted by atomic mass is 16.2. The van der Waals surface area contributed by atoms with Crippen LogP contribution in [0.2, 0.25) is 0 Å². The predicted molar refractivity (Wildman–Crippen MR) is 87.0 cm³/mol. The maximum atomic E-state index is 11.9. The molecular weight excluding hydrogens is 278 g/mol. The Balaban J connectivity index is 1.76. The van der Waals surface area contributed by atoms with Gasteiger partial charge in [-0.2, -0.15) is 0 Å². The summed E-state index contributed by atoms with van der Waals surface area (Å²) in [5.74, 6) is -0.377. The molecule has 22 heavy (non-hydrogen) atoms. The van der Waals surface area contributed by atoms with E-state index in [1.807, 2.05) is 42.2 Å². The molecule has 1 aromatic rings. The van der Waals surface area contributed by atoms with Gasteiger partial charge in [0.2, 0.25) is 11.8 Å². The molecule has 1 fully saturated rings. The number of amides is 2. The van der Waals surface area contributed by atoms with Crippen LogP contribution in [0.5, 0.6) is 0 Å². The van der Waals surface area contributed by atoms with Gasteiger partial charge >= 0.3 is 0 Å². The summed E-state index contributed by atoms with van der Waals surface area (Å²) >= 11 is 0. The molecule has 0 spiro atoms. The van der Waals surface area contributed by atoms with Crippen molar-refractivity contribution in [3.05, 3.63) is 41.5 Å². The first-order valence-corrected chi connectivity index (χ1v) is 7.59. The zero-order chi connectivity index (χ0) is 15.9. The summed E-state index contributed by atoms with van der Waals surface area (Å²) in [6.45, 7) is 3.91. The molecule has 1 aliphatic rings. The van der Waals surface area contributed by atoms with Gasteiger partial charge in [-0.05, 0) is 31.4 Å². The molecule has 2 amide bonds. The summed E-state index contributed by atoms with van der Waals surface area (Å²) < 4.78 is 0. The minimum atomic E-state index is -0.302. The van der Waals surface area contributed by atoms with Crippen LogP contribution in [-0.2, 0) is 9.59 Å². The van der Waals surface area contributed by atoms with Crippen molar-refractivity contribution in [2.24, 2.45) is 5.73 Å². The van der Waals surface area contributed by atoms with Gasteiger partial charge in [0, 0.05) is 25.2 Å². The van der Waals surface area contributed by atoms with Crippen LogP contribution in [-0.4, -0.2) is 42.4 Å². The standard InChI is InChI=1S/C17H23N3O2/c1-13-2-4-14(5-3-13)6-7-17(22)19-15-8-10-20(11-9-15)12-16(18)21/h2-7,15H,8-12H2,1H3,(H2,18,21)(H,19,22). The zero-order valence-corrected chi connectivity index (χ0v) is 12.9. The molecule has 0 atom stereocenters. The molecule has 2 rings (SSSR count). The Kier molecular flexibility index (Phi) is 5.72. The van der Waals surface area contributed by atoms with Crippen LogP contribution < -0.4 is 11.1 Å². The molecule has 0 aliphatic carbocycles. The van der Waals surface area contributed by atoms with Crippen molar-refractivity contribution < 1.29 is 9.59 Å². The average Bonchev–Trinajstić information content (AvgIpc) is 2.48. The molecule has 1 aromatic carbocycles. The van der Waals surface area contributed by atoms with Gasteiger partial charge in [-0.3, -0.25) is 14.5 Å². The number of nitrogens with one attached hydrogen (secondary N) is 1. The number of aryl methyl sites for hydroxylation is 1. The van der Waals surface area contributed by atoms with Gasteiger partial charge in [0.1, 0.15) is 0 Å². The van der Waals surface area contributed by atoms with E-state index in [1.165, 1.54) is 5.56 Å². The number of benzene rings is 1. The number of likely N-dealkylation sites (tertiary alicyclic amines) is 1. The third-order valence-corrected chi connectivity index (χ3v) is 3.82. The van der Waals surface area contributed by atoms with Gasteiger partial charge < -0.3 is 11.1 Å². The number of rotatable bonds is 5. The van der Waals surface area contributed by atoms with Crippen molar-refractivity contribution >= 4 is 17.9 Å². The maximum absolute atomic E-state index is 11.9. The molecule has 1 heterocycles. The average molecular weight is 301 g/mol. The van der Waals surface area contributed by atoms with Gasteiger partial charge in [-0.15, -0.1) is 0 Å². The molecule has 1 saturated heterocycles. The SMILES string of the molecule is Cc1ccc(C=CC(=O)NC2CCN(CC(N)=O)CC2)cc1. The highest BCUT2D eigenvalue weighted by molar-refractivity contribution is 5.91. The van der Waals surface area contributed by atoms with Crippen molar-refractivity contribution in [2.45, 2.75) is 25.8 Å². The van der Waals surface area contributed by atoms with E-state index in [0.29, 0.717) is 6.54 Å². The lowest BCUT2D eigenvalue weighted by Crippen LogP contribution is -2.46. The lowest BCUT2D eigenvalue weighted by molar-refractivity contribution is -0.120. The highest BCUT2D eigenvalue weighted by Gasteiger charge is 2.20. The molecule has 118 valence electrons. The summed E-state index contributed by atoms with van der Waals surface area (Å²) in [6, 6.07) is 8.18. The van der Waals surface area contributed by atoms with Crippen molar-refractivity contribution in [2.75, 3.05) is 19.6 Å². The Bertz CT molecular complexity index is 544. The van der Waals surface area contributed by atoms with E-state index in [9.17, 15) is 9.59 Å². The van der Waals surface area contributed by atoms with Crippen molar-refractivity contribution in [3.63, 3.8) is 0 Å². The van der Waals surface area contributed by atoms with Crippen LogP contribution in [0.25, 0.3) is 6.08 Å². The van der Waals surface area contributed by atoms with Crippen LogP contribution >= 0.6 is 0 Å². The van der Waals surface area contributed by atoms with Crippen LogP contribution in [0.15, 0.2) is 30.3 Å². The van der Waals surface area contributed by atoms with Gasteiger partial charge in [0.05, 0.1) is 6.54 Å². The van der Waals surface area contributed by atoms with Gasteiger partial charge in [0.15, 0.2) is 0 Å². The molecule has 0 saturated carbocycles. The van der Waals surface area contributed by atoms with Crippen LogP contribution in [0.3, 0.4) is 0 Å². The Morgan fingerprint density at radius 1 is 1.27 bits per heavy atom. The molecule has 5 nitrogen and oxygen atoms in total. The maximum Gasteiger partial charge on any atom is 0.244 e. The summed E-state index contributed by atoms with van der Waals surface area (Å²) in [5.41, 5.74) is 7.39. The lowest BCUT2D eigenvalue weighted by atomic mass is 10.0. The quantitative estimate of drug-likeness (QED) is 0.799. The molecular formula is C17H23N3O2. The molecule has 0 aromatic heterocycles. The first-order chi connectivity index (χ1) is 10.5. The lowest BCUT2D eigenvalue weighted by Gasteiger charge is -2.31. The Hall–Kier alpha value is -2.14. The molecule has 0 bridgehead atoms. The van der Waals surface area contributed by atoms with E-state index < -0.39 is 0 Å².